The van der Waals surface area contributed by atoms with E-state index in [2.05, 4.69) is 158 Å². The van der Waals surface area contributed by atoms with Gasteiger partial charge in [-0.3, -0.25) is 0 Å². The number of benzene rings is 8. The van der Waals surface area contributed by atoms with Crippen LogP contribution >= 0.6 is 35.2 Å². The quantitative estimate of drug-likeness (QED) is 0.112. The van der Waals surface area contributed by atoms with E-state index < -0.39 is 15.8 Å². The maximum Gasteiger partial charge on any atom is 0.0227 e. The average molecular weight is 973 g/mol. The second-order valence-electron chi connectivity index (χ2n) is 15.6. The molecule has 0 radical (unpaired) electrons. The molecule has 2 aliphatic carbocycles. The minimum absolute atomic E-state index is 0.0478. The number of rotatable bonds is 9. The second-order valence-corrected chi connectivity index (χ2v) is 22.7. The Morgan fingerprint density at radius 1 is 0.387 bits per heavy atom. The topological polar surface area (TPSA) is 52.0 Å². The van der Waals surface area contributed by atoms with Gasteiger partial charge in [0.2, 0.25) is 0 Å². The third kappa shape index (κ3) is 9.62. The molecule has 2 aliphatic rings. The van der Waals surface area contributed by atoms with E-state index in [0.29, 0.717) is 0 Å². The van der Waals surface area contributed by atoms with E-state index in [-0.39, 0.29) is 32.6 Å². The summed E-state index contributed by atoms with van der Waals surface area (Å²) in [6.45, 7) is 0. The molecular formula is C55H50Cl2N2P2Ru. The summed E-state index contributed by atoms with van der Waals surface area (Å²) >= 11 is -0.346. The number of halogens is 2. The number of fused-ring (bicyclic) bond motifs is 4. The molecule has 0 saturated carbocycles. The largest absolute Gasteiger partial charge is 0.0622 e. The number of hydrogen-bond donors (Lipinski definition) is 2. The van der Waals surface area contributed by atoms with Crippen molar-refractivity contribution in [2.45, 2.75) is 43.2 Å². The van der Waals surface area contributed by atoms with Crippen molar-refractivity contribution >= 4 is 67.1 Å². The number of nitrogens with two attached hydrogens (primary N) is 2. The van der Waals surface area contributed by atoms with Crippen molar-refractivity contribution < 1.29 is 15.1 Å². The van der Waals surface area contributed by atoms with E-state index in [9.17, 15) is 0 Å². The summed E-state index contributed by atoms with van der Waals surface area (Å²) in [4.78, 5) is 0. The molecule has 312 valence electrons. The first-order chi connectivity index (χ1) is 30.5. The first-order valence-corrected chi connectivity index (χ1v) is 28.2. The Morgan fingerprint density at radius 3 is 0.952 bits per heavy atom. The Hall–Kier alpha value is -4.26. The van der Waals surface area contributed by atoms with Gasteiger partial charge in [0, 0.05) is 17.5 Å². The smallest absolute Gasteiger partial charge is 0.0227 e. The van der Waals surface area contributed by atoms with Gasteiger partial charge in [0.25, 0.3) is 0 Å². The van der Waals surface area contributed by atoms with Crippen LogP contribution in [-0.2, 0) is 33.4 Å². The van der Waals surface area contributed by atoms with Gasteiger partial charge in [-0.05, 0) is 107 Å². The van der Waals surface area contributed by atoms with Crippen molar-refractivity contribution in [1.29, 1.82) is 0 Å². The molecule has 4 N–H and O–H groups in total. The molecule has 2 nitrogen and oxygen atoms in total. The van der Waals surface area contributed by atoms with Crippen LogP contribution in [0.2, 0.25) is 0 Å². The molecule has 8 aromatic carbocycles. The maximum absolute atomic E-state index is 6.15. The molecule has 1 spiro atoms. The molecule has 62 heavy (non-hydrogen) atoms. The van der Waals surface area contributed by atoms with Gasteiger partial charge in [0.15, 0.2) is 0 Å². The van der Waals surface area contributed by atoms with E-state index >= 15 is 0 Å². The molecule has 0 aromatic heterocycles. The third-order valence-electron chi connectivity index (χ3n) is 12.2. The summed E-state index contributed by atoms with van der Waals surface area (Å²) in [5, 5.41) is 8.83. The molecule has 7 heteroatoms. The molecule has 0 amide bonds. The Labute approximate surface area is 385 Å². The summed E-state index contributed by atoms with van der Waals surface area (Å²) in [7, 11) is 8.33. The van der Waals surface area contributed by atoms with Crippen molar-refractivity contribution in [2.75, 3.05) is 0 Å². The Bertz CT molecular complexity index is 2360. The van der Waals surface area contributed by atoms with Crippen LogP contribution in [0.4, 0.5) is 0 Å². The molecule has 10 rings (SSSR count). The molecule has 0 bridgehead atoms. The molecule has 8 aromatic rings. The van der Waals surface area contributed by atoms with E-state index in [1.807, 2.05) is 60.7 Å². The predicted octanol–water partition coefficient (Wildman–Crippen LogP) is 11.1. The van der Waals surface area contributed by atoms with E-state index in [4.69, 9.17) is 30.8 Å². The van der Waals surface area contributed by atoms with Crippen LogP contribution in [0.25, 0.3) is 0 Å². The van der Waals surface area contributed by atoms with Gasteiger partial charge < -0.3 is 11.5 Å². The van der Waals surface area contributed by atoms with Crippen molar-refractivity contribution in [3.63, 3.8) is 0 Å². The fourth-order valence-corrected chi connectivity index (χ4v) is 14.7. The zero-order valence-electron chi connectivity index (χ0n) is 34.4. The standard InChI is InChI=1S/C41H34P2.C14H16N2.2ClH.Ru/c1-5-17-33(18-6-1)42(34-19-7-2-8-20-34)37-25-13-15-31-27-29-41(39(31)37)30-28-32-16-14-26-38(40(32)41)43(35-21-9-3-10-22-35)36-23-11-4-12-24-36;15-13(11-7-3-1-4-8-11)14(16)12-9-5-2-6-10-12;;;/h1-26H,27-30H2;1-10,13-14H,15-16H2;2*1H;/q;;;;+2/p-2/t;13-,14-;;;/m.1.../s1. The van der Waals surface area contributed by atoms with Gasteiger partial charge in [-0.25, -0.2) is 0 Å². The Morgan fingerprint density at radius 2 is 0.661 bits per heavy atom. The van der Waals surface area contributed by atoms with Crippen LogP contribution in [0.1, 0.15) is 58.3 Å². The first kappa shape index (κ1) is 44.4. The van der Waals surface area contributed by atoms with Crippen LogP contribution in [-0.4, -0.2) is 0 Å². The zero-order chi connectivity index (χ0) is 42.7. The fourth-order valence-electron chi connectivity index (χ4n) is 9.44. The van der Waals surface area contributed by atoms with Crippen molar-refractivity contribution in [3.8, 4) is 0 Å². The Kier molecular flexibility index (Phi) is 15.3. The van der Waals surface area contributed by atoms with Crippen LogP contribution in [0.15, 0.2) is 218 Å². The van der Waals surface area contributed by atoms with Gasteiger partial charge in [0.05, 0.1) is 0 Å². The number of aryl methyl sites for hydroxylation is 2. The molecule has 2 atom stereocenters. The van der Waals surface area contributed by atoms with Gasteiger partial charge in [0.1, 0.15) is 0 Å². The monoisotopic (exact) mass is 972 g/mol. The summed E-state index contributed by atoms with van der Waals surface area (Å²) in [6.07, 6.45) is 4.70. The molecule has 0 saturated heterocycles. The molecule has 0 unspecified atom stereocenters. The Balaban J connectivity index is 0.000000233. The molecule has 0 heterocycles. The first-order valence-electron chi connectivity index (χ1n) is 21.1. The van der Waals surface area contributed by atoms with Crippen LogP contribution in [0.3, 0.4) is 0 Å². The molecule has 0 fully saturated rings. The van der Waals surface area contributed by atoms with Gasteiger partial charge in [-0.2, -0.15) is 0 Å². The number of hydrogen-bond acceptors (Lipinski definition) is 2. The van der Waals surface area contributed by atoms with Gasteiger partial charge in [-0.1, -0.05) is 218 Å². The SMILES string of the molecule is N[C@H](c1ccccc1)[C@H](N)c1ccccc1.[Cl][Ru][Cl].c1ccc(P(c2ccccc2)c2cccc3c2C2(CC3)CCc3cccc(P(c4ccccc4)c4ccccc4)c32)cc1. The van der Waals surface area contributed by atoms with E-state index in [1.165, 1.54) is 34.1 Å². The van der Waals surface area contributed by atoms with Crippen LogP contribution in [0, 0.1) is 0 Å². The maximum atomic E-state index is 6.15. The third-order valence-corrected chi connectivity index (χ3v) is 17.1. The minimum Gasteiger partial charge on any atom is -0.0622 e. The molecular weight excluding hydrogens is 923 g/mol. The van der Waals surface area contributed by atoms with Gasteiger partial charge in [-0.15, -0.1) is 0 Å². The summed E-state index contributed by atoms with van der Waals surface area (Å²) in [5.74, 6) is 0. The zero-order valence-corrected chi connectivity index (χ0v) is 39.5. The second kappa shape index (κ2) is 21.4. The van der Waals surface area contributed by atoms with E-state index in [1.54, 1.807) is 32.9 Å². The average Bonchev–Trinajstić information content (AvgIpc) is 3.92. The predicted molar refractivity (Wildman–Crippen MR) is 266 cm³/mol. The van der Waals surface area contributed by atoms with Crippen molar-refractivity contribution in [1.82, 2.24) is 0 Å². The van der Waals surface area contributed by atoms with Crippen LogP contribution < -0.4 is 43.3 Å². The van der Waals surface area contributed by atoms with Gasteiger partial charge >= 0.3 is 34.5 Å². The van der Waals surface area contributed by atoms with Crippen LogP contribution in [0.5, 0.6) is 0 Å². The van der Waals surface area contributed by atoms with E-state index in [0.717, 1.165) is 24.0 Å². The minimum atomic E-state index is -0.688. The normalized spacial score (nSPS) is 14.3. The summed E-state index contributed by atoms with van der Waals surface area (Å²) in [5.41, 5.74) is 20.9. The molecule has 0 aliphatic heterocycles. The fraction of sp³-hybridized carbons (Fsp3) is 0.127. The summed E-state index contributed by atoms with van der Waals surface area (Å²) < 4.78 is 0. The van der Waals surface area contributed by atoms with Crippen molar-refractivity contribution in [2.24, 2.45) is 11.5 Å². The summed E-state index contributed by atoms with van der Waals surface area (Å²) in [6, 6.07) is 79.1. The van der Waals surface area contributed by atoms with Crippen molar-refractivity contribution in [3.05, 3.63) is 252 Å².